The molecule has 32 heavy (non-hydrogen) atoms. The van der Waals surface area contributed by atoms with Gasteiger partial charge in [0.05, 0.1) is 27.4 Å². The van der Waals surface area contributed by atoms with Crippen LogP contribution in [0.25, 0.3) is 0 Å². The molecule has 0 amide bonds. The van der Waals surface area contributed by atoms with E-state index in [2.05, 4.69) is 57.2 Å². The standard InChI is InChI=1S/C26H31N3O3/c1-30-25-7-3-21(4-8-25)18-28(19-22-9-11-27-12-10-22)20-23-5-6-24(17-26(23)31-2)29-13-15-32-16-14-29/h3-12,17H,13-16,18-20H2,1-2H3. The molecular formula is C26H31N3O3. The molecule has 0 atom stereocenters. The van der Waals surface area contributed by atoms with Crippen molar-refractivity contribution in [2.24, 2.45) is 0 Å². The van der Waals surface area contributed by atoms with E-state index < -0.39 is 0 Å². The van der Waals surface area contributed by atoms with Crippen molar-refractivity contribution in [3.63, 3.8) is 0 Å². The van der Waals surface area contributed by atoms with Crippen molar-refractivity contribution in [1.82, 2.24) is 9.88 Å². The highest BCUT2D eigenvalue weighted by atomic mass is 16.5. The largest absolute Gasteiger partial charge is 0.497 e. The quantitative estimate of drug-likeness (QED) is 0.506. The van der Waals surface area contributed by atoms with E-state index >= 15 is 0 Å². The van der Waals surface area contributed by atoms with Gasteiger partial charge in [-0.15, -0.1) is 0 Å². The molecule has 0 aliphatic carbocycles. The van der Waals surface area contributed by atoms with Crippen LogP contribution in [0.5, 0.6) is 11.5 Å². The molecule has 1 aromatic heterocycles. The number of aromatic nitrogens is 1. The van der Waals surface area contributed by atoms with Crippen LogP contribution in [0.15, 0.2) is 67.0 Å². The number of benzene rings is 2. The third kappa shape index (κ3) is 5.78. The SMILES string of the molecule is COc1ccc(CN(Cc2ccncc2)Cc2ccc(N3CCOCC3)cc2OC)cc1. The lowest BCUT2D eigenvalue weighted by molar-refractivity contribution is 0.122. The summed E-state index contributed by atoms with van der Waals surface area (Å²) in [6.07, 6.45) is 3.69. The molecule has 1 saturated heterocycles. The third-order valence-electron chi connectivity index (χ3n) is 5.76. The van der Waals surface area contributed by atoms with Gasteiger partial charge in [-0.25, -0.2) is 0 Å². The Bertz CT molecular complexity index is 973. The fourth-order valence-electron chi connectivity index (χ4n) is 4.03. The predicted molar refractivity (Wildman–Crippen MR) is 126 cm³/mol. The van der Waals surface area contributed by atoms with Gasteiger partial charge < -0.3 is 19.1 Å². The number of morpholine rings is 1. The molecular weight excluding hydrogens is 402 g/mol. The van der Waals surface area contributed by atoms with Crippen LogP contribution in [0.3, 0.4) is 0 Å². The first-order valence-electron chi connectivity index (χ1n) is 11.0. The minimum absolute atomic E-state index is 0.769. The minimum Gasteiger partial charge on any atom is -0.497 e. The maximum absolute atomic E-state index is 5.80. The molecule has 1 aliphatic heterocycles. The van der Waals surface area contributed by atoms with Gasteiger partial charge in [-0.1, -0.05) is 18.2 Å². The van der Waals surface area contributed by atoms with Gasteiger partial charge in [0, 0.05) is 62.4 Å². The molecule has 0 saturated carbocycles. The highest BCUT2D eigenvalue weighted by Crippen LogP contribution is 2.28. The van der Waals surface area contributed by atoms with Crippen LogP contribution < -0.4 is 14.4 Å². The van der Waals surface area contributed by atoms with Gasteiger partial charge in [-0.05, 0) is 41.5 Å². The molecule has 6 nitrogen and oxygen atoms in total. The van der Waals surface area contributed by atoms with Crippen LogP contribution >= 0.6 is 0 Å². The number of rotatable bonds is 9. The maximum Gasteiger partial charge on any atom is 0.125 e. The Balaban J connectivity index is 1.54. The Hall–Kier alpha value is -3.09. The van der Waals surface area contributed by atoms with Crippen LogP contribution in [0.4, 0.5) is 5.69 Å². The van der Waals surface area contributed by atoms with Crippen LogP contribution in [0.2, 0.25) is 0 Å². The molecule has 3 aromatic rings. The summed E-state index contributed by atoms with van der Waals surface area (Å²) < 4.78 is 16.6. The molecule has 1 fully saturated rings. The molecule has 2 aromatic carbocycles. The number of ether oxygens (including phenoxy) is 3. The predicted octanol–water partition coefficient (Wildman–Crippen LogP) is 4.14. The fraction of sp³-hybridized carbons (Fsp3) is 0.346. The van der Waals surface area contributed by atoms with Crippen molar-refractivity contribution in [1.29, 1.82) is 0 Å². The zero-order valence-corrected chi connectivity index (χ0v) is 18.9. The van der Waals surface area contributed by atoms with Crippen molar-refractivity contribution in [3.8, 4) is 11.5 Å². The van der Waals surface area contributed by atoms with Gasteiger partial charge in [0.1, 0.15) is 11.5 Å². The molecule has 0 N–H and O–H groups in total. The van der Waals surface area contributed by atoms with Gasteiger partial charge in [-0.3, -0.25) is 9.88 Å². The molecule has 0 bridgehead atoms. The molecule has 0 radical (unpaired) electrons. The summed E-state index contributed by atoms with van der Waals surface area (Å²) in [6, 6.07) is 18.9. The number of nitrogens with zero attached hydrogens (tertiary/aromatic N) is 3. The van der Waals surface area contributed by atoms with E-state index in [1.807, 2.05) is 24.5 Å². The second-order valence-corrected chi connectivity index (χ2v) is 7.94. The lowest BCUT2D eigenvalue weighted by atomic mass is 10.1. The van der Waals surface area contributed by atoms with E-state index in [1.54, 1.807) is 14.2 Å². The van der Waals surface area contributed by atoms with Gasteiger partial charge in [0.2, 0.25) is 0 Å². The first-order valence-corrected chi connectivity index (χ1v) is 11.0. The minimum atomic E-state index is 0.769. The summed E-state index contributed by atoms with van der Waals surface area (Å²) in [5.74, 6) is 1.79. The van der Waals surface area contributed by atoms with Crippen molar-refractivity contribution in [2.75, 3.05) is 45.4 Å². The van der Waals surface area contributed by atoms with Crippen molar-refractivity contribution in [3.05, 3.63) is 83.7 Å². The summed E-state index contributed by atoms with van der Waals surface area (Å²) in [5, 5.41) is 0. The number of methoxy groups -OCH3 is 2. The summed E-state index contributed by atoms with van der Waals surface area (Å²) >= 11 is 0. The van der Waals surface area contributed by atoms with Gasteiger partial charge in [0.25, 0.3) is 0 Å². The van der Waals surface area contributed by atoms with E-state index in [1.165, 1.54) is 22.4 Å². The van der Waals surface area contributed by atoms with Crippen molar-refractivity contribution < 1.29 is 14.2 Å². The molecule has 6 heteroatoms. The highest BCUT2D eigenvalue weighted by Gasteiger charge is 2.16. The monoisotopic (exact) mass is 433 g/mol. The average Bonchev–Trinajstić information content (AvgIpc) is 2.86. The lowest BCUT2D eigenvalue weighted by Gasteiger charge is -2.30. The molecule has 0 spiro atoms. The van der Waals surface area contributed by atoms with Gasteiger partial charge in [-0.2, -0.15) is 0 Å². The first-order chi connectivity index (χ1) is 15.7. The Morgan fingerprint density at radius 3 is 2.19 bits per heavy atom. The summed E-state index contributed by atoms with van der Waals surface area (Å²) in [5.41, 5.74) is 4.83. The second-order valence-electron chi connectivity index (χ2n) is 7.94. The highest BCUT2D eigenvalue weighted by molar-refractivity contribution is 5.54. The molecule has 1 aliphatic rings. The van der Waals surface area contributed by atoms with Crippen molar-refractivity contribution in [2.45, 2.75) is 19.6 Å². The summed E-state index contributed by atoms with van der Waals surface area (Å²) in [6.45, 7) is 5.78. The number of hydrogen-bond donors (Lipinski definition) is 0. The van der Waals surface area contributed by atoms with Gasteiger partial charge >= 0.3 is 0 Å². The van der Waals surface area contributed by atoms with Gasteiger partial charge in [0.15, 0.2) is 0 Å². The molecule has 0 unspecified atom stereocenters. The van der Waals surface area contributed by atoms with Crippen LogP contribution in [0, 0.1) is 0 Å². The van der Waals surface area contributed by atoms with E-state index in [4.69, 9.17) is 14.2 Å². The zero-order chi connectivity index (χ0) is 22.2. The Kier molecular flexibility index (Phi) is 7.59. The molecule has 2 heterocycles. The molecule has 4 rings (SSSR count). The van der Waals surface area contributed by atoms with E-state index in [0.717, 1.165) is 57.4 Å². The number of hydrogen-bond acceptors (Lipinski definition) is 6. The van der Waals surface area contributed by atoms with E-state index in [0.29, 0.717) is 0 Å². The average molecular weight is 434 g/mol. The zero-order valence-electron chi connectivity index (χ0n) is 18.9. The Morgan fingerprint density at radius 2 is 1.53 bits per heavy atom. The lowest BCUT2D eigenvalue weighted by Crippen LogP contribution is -2.36. The molecule has 168 valence electrons. The third-order valence-corrected chi connectivity index (χ3v) is 5.76. The fourth-order valence-corrected chi connectivity index (χ4v) is 4.03. The van der Waals surface area contributed by atoms with Crippen LogP contribution in [-0.2, 0) is 24.4 Å². The normalized spacial score (nSPS) is 13.9. The van der Waals surface area contributed by atoms with Crippen molar-refractivity contribution >= 4 is 5.69 Å². The first kappa shape index (κ1) is 22.1. The number of anilines is 1. The summed E-state index contributed by atoms with van der Waals surface area (Å²) in [4.78, 5) is 8.92. The van der Waals surface area contributed by atoms with E-state index in [9.17, 15) is 0 Å². The Morgan fingerprint density at radius 1 is 0.844 bits per heavy atom. The topological polar surface area (TPSA) is 47.1 Å². The smallest absolute Gasteiger partial charge is 0.125 e. The maximum atomic E-state index is 5.80. The summed E-state index contributed by atoms with van der Waals surface area (Å²) in [7, 11) is 3.44. The van der Waals surface area contributed by atoms with Crippen LogP contribution in [-0.4, -0.2) is 50.4 Å². The second kappa shape index (κ2) is 11.0. The number of pyridine rings is 1. The van der Waals surface area contributed by atoms with E-state index in [-0.39, 0.29) is 0 Å². The van der Waals surface area contributed by atoms with Crippen LogP contribution in [0.1, 0.15) is 16.7 Å². The Labute approximate surface area is 190 Å².